The molecule has 3 N–H and O–H groups in total. The maximum Gasteiger partial charge on any atom is 0.134 e. The summed E-state index contributed by atoms with van der Waals surface area (Å²) in [4.78, 5) is 0. The molecule has 0 spiro atoms. The number of hydrogen-bond donors (Lipinski definition) is 3. The van der Waals surface area contributed by atoms with Crippen molar-refractivity contribution in [3.63, 3.8) is 0 Å². The Morgan fingerprint density at radius 3 is 2.40 bits per heavy atom. The Morgan fingerprint density at radius 1 is 1.05 bits per heavy atom. The van der Waals surface area contributed by atoms with Gasteiger partial charge in [-0.2, -0.15) is 0 Å². The molecule has 0 heterocycles. The molecule has 0 aromatic rings. The summed E-state index contributed by atoms with van der Waals surface area (Å²) in [5.41, 5.74) is 0. The van der Waals surface area contributed by atoms with Gasteiger partial charge in [0.1, 0.15) is 6.10 Å². The molecule has 0 amide bonds. The van der Waals surface area contributed by atoms with Crippen LogP contribution in [0, 0.1) is 29.6 Å². The van der Waals surface area contributed by atoms with Crippen molar-refractivity contribution in [2.24, 2.45) is 5.92 Å². The minimum atomic E-state index is -0.869. The maximum absolute atomic E-state index is 9.95. The molecule has 0 bridgehead atoms. The molecular formula is C17H24O3. The molecule has 1 saturated carbocycles. The van der Waals surface area contributed by atoms with Crippen LogP contribution in [-0.2, 0) is 0 Å². The van der Waals surface area contributed by atoms with Crippen LogP contribution in [0.3, 0.4) is 0 Å². The van der Waals surface area contributed by atoms with E-state index in [1.807, 2.05) is 0 Å². The molecular weight excluding hydrogens is 252 g/mol. The largest absolute Gasteiger partial charge is 0.390 e. The molecule has 3 atom stereocenters. The van der Waals surface area contributed by atoms with E-state index in [0.29, 0.717) is 12.3 Å². The van der Waals surface area contributed by atoms with Gasteiger partial charge in [0, 0.05) is 6.42 Å². The standard InChI is InChI=1S/C17H24O3/c1-2-15(18)11-7-4-8-12-16(19)17(20)13-14-9-5-3-6-10-14/h2,14-20H,1,3,5-6,9-10,12-13H2/t15-,16+,17+/m0/s1. The van der Waals surface area contributed by atoms with Crippen molar-refractivity contribution in [2.75, 3.05) is 0 Å². The molecule has 1 aliphatic rings. The zero-order valence-corrected chi connectivity index (χ0v) is 11.9. The van der Waals surface area contributed by atoms with E-state index in [1.165, 1.54) is 25.3 Å². The lowest BCUT2D eigenvalue weighted by Gasteiger charge is -2.25. The molecule has 1 rings (SSSR count). The Bertz CT molecular complexity index is 401. The predicted molar refractivity (Wildman–Crippen MR) is 79.6 cm³/mol. The molecule has 3 heteroatoms. The van der Waals surface area contributed by atoms with Crippen LogP contribution in [0.25, 0.3) is 0 Å². The first-order valence-electron chi connectivity index (χ1n) is 7.28. The number of rotatable bonds is 5. The Kier molecular flexibility index (Phi) is 8.07. The van der Waals surface area contributed by atoms with Gasteiger partial charge in [-0.05, 0) is 24.2 Å². The van der Waals surface area contributed by atoms with Crippen LogP contribution in [0.1, 0.15) is 44.9 Å². The lowest BCUT2D eigenvalue weighted by atomic mass is 9.84. The molecule has 0 radical (unpaired) electrons. The number of hydrogen-bond acceptors (Lipinski definition) is 3. The highest BCUT2D eigenvalue weighted by atomic mass is 16.3. The summed E-state index contributed by atoms with van der Waals surface area (Å²) in [6, 6.07) is 0. The first-order valence-corrected chi connectivity index (χ1v) is 7.28. The molecule has 20 heavy (non-hydrogen) atoms. The number of aliphatic hydroxyl groups is 3. The normalized spacial score (nSPS) is 19.8. The fourth-order valence-electron chi connectivity index (χ4n) is 2.43. The predicted octanol–water partition coefficient (Wildman–Crippen LogP) is 1.62. The van der Waals surface area contributed by atoms with Gasteiger partial charge in [-0.3, -0.25) is 0 Å². The molecule has 1 fully saturated rings. The summed E-state index contributed by atoms with van der Waals surface area (Å²) in [6.07, 6.45) is 5.83. The van der Waals surface area contributed by atoms with Gasteiger partial charge in [0.05, 0.1) is 12.2 Å². The van der Waals surface area contributed by atoms with Crippen molar-refractivity contribution < 1.29 is 15.3 Å². The van der Waals surface area contributed by atoms with Gasteiger partial charge < -0.3 is 15.3 Å². The quantitative estimate of drug-likeness (QED) is 0.528. The fourth-order valence-corrected chi connectivity index (χ4v) is 2.43. The number of aliphatic hydroxyl groups excluding tert-OH is 3. The molecule has 3 nitrogen and oxygen atoms in total. The van der Waals surface area contributed by atoms with Crippen LogP contribution in [0.4, 0.5) is 0 Å². The Labute approximate surface area is 121 Å². The van der Waals surface area contributed by atoms with E-state index in [2.05, 4.69) is 30.3 Å². The van der Waals surface area contributed by atoms with E-state index in [0.717, 1.165) is 12.8 Å². The summed E-state index contributed by atoms with van der Waals surface area (Å²) in [5, 5.41) is 28.9. The second-order valence-electron chi connectivity index (χ2n) is 5.33. The van der Waals surface area contributed by atoms with Crippen LogP contribution in [0.2, 0.25) is 0 Å². The van der Waals surface area contributed by atoms with Gasteiger partial charge in [0.2, 0.25) is 0 Å². The molecule has 0 unspecified atom stereocenters. The molecule has 1 aliphatic carbocycles. The van der Waals surface area contributed by atoms with Crippen LogP contribution in [0.5, 0.6) is 0 Å². The van der Waals surface area contributed by atoms with Crippen molar-refractivity contribution >= 4 is 0 Å². The topological polar surface area (TPSA) is 60.7 Å². The average molecular weight is 276 g/mol. The van der Waals surface area contributed by atoms with E-state index < -0.39 is 18.3 Å². The third-order valence-electron chi connectivity index (χ3n) is 3.65. The van der Waals surface area contributed by atoms with Gasteiger partial charge >= 0.3 is 0 Å². The van der Waals surface area contributed by atoms with Crippen LogP contribution < -0.4 is 0 Å². The zero-order chi connectivity index (χ0) is 14.8. The van der Waals surface area contributed by atoms with E-state index in [1.54, 1.807) is 0 Å². The first kappa shape index (κ1) is 16.8. The highest BCUT2D eigenvalue weighted by Gasteiger charge is 2.21. The van der Waals surface area contributed by atoms with Crippen LogP contribution in [0.15, 0.2) is 12.7 Å². The van der Waals surface area contributed by atoms with Crippen molar-refractivity contribution in [1.29, 1.82) is 0 Å². The smallest absolute Gasteiger partial charge is 0.134 e. The average Bonchev–Trinajstić information content (AvgIpc) is 2.47. The minimum absolute atomic E-state index is 0.201. The summed E-state index contributed by atoms with van der Waals surface area (Å²) in [7, 11) is 0. The third-order valence-corrected chi connectivity index (χ3v) is 3.65. The van der Waals surface area contributed by atoms with Crippen LogP contribution in [-0.4, -0.2) is 33.6 Å². The van der Waals surface area contributed by atoms with E-state index >= 15 is 0 Å². The third kappa shape index (κ3) is 6.78. The van der Waals surface area contributed by atoms with Crippen molar-refractivity contribution in [3.8, 4) is 23.7 Å². The first-order chi connectivity index (χ1) is 9.63. The van der Waals surface area contributed by atoms with Gasteiger partial charge in [-0.15, -0.1) is 0 Å². The Morgan fingerprint density at radius 2 is 1.75 bits per heavy atom. The summed E-state index contributed by atoms with van der Waals surface area (Å²) in [6.45, 7) is 3.39. The Balaban J connectivity index is 2.29. The van der Waals surface area contributed by atoms with Crippen molar-refractivity contribution in [2.45, 2.75) is 63.3 Å². The monoisotopic (exact) mass is 276 g/mol. The maximum atomic E-state index is 9.95. The second-order valence-corrected chi connectivity index (χ2v) is 5.33. The zero-order valence-electron chi connectivity index (χ0n) is 11.9. The van der Waals surface area contributed by atoms with Crippen molar-refractivity contribution in [3.05, 3.63) is 12.7 Å². The van der Waals surface area contributed by atoms with E-state index in [-0.39, 0.29) is 6.42 Å². The molecule has 0 saturated heterocycles. The molecule has 0 aliphatic heterocycles. The Hall–Kier alpha value is -1.26. The van der Waals surface area contributed by atoms with Crippen LogP contribution >= 0.6 is 0 Å². The lowest BCUT2D eigenvalue weighted by molar-refractivity contribution is 0.00479. The fraction of sp³-hybridized carbons (Fsp3) is 0.647. The van der Waals surface area contributed by atoms with E-state index in [9.17, 15) is 10.2 Å². The summed E-state index contributed by atoms with van der Waals surface area (Å²) < 4.78 is 0. The van der Waals surface area contributed by atoms with Gasteiger partial charge in [0.15, 0.2) is 0 Å². The lowest BCUT2D eigenvalue weighted by Crippen LogP contribution is -2.28. The van der Waals surface area contributed by atoms with Gasteiger partial charge in [-0.1, -0.05) is 56.6 Å². The molecule has 0 aromatic heterocycles. The highest BCUT2D eigenvalue weighted by molar-refractivity contribution is 5.28. The van der Waals surface area contributed by atoms with Gasteiger partial charge in [0.25, 0.3) is 0 Å². The minimum Gasteiger partial charge on any atom is -0.390 e. The van der Waals surface area contributed by atoms with Crippen molar-refractivity contribution in [1.82, 2.24) is 0 Å². The van der Waals surface area contributed by atoms with E-state index in [4.69, 9.17) is 5.11 Å². The van der Waals surface area contributed by atoms with Gasteiger partial charge in [-0.25, -0.2) is 0 Å². The molecule has 110 valence electrons. The highest BCUT2D eigenvalue weighted by Crippen LogP contribution is 2.28. The molecule has 0 aromatic carbocycles. The second kappa shape index (κ2) is 9.61. The summed E-state index contributed by atoms with van der Waals surface area (Å²) in [5.74, 6) is 10.7. The SMILES string of the molecule is C=C[C@H](O)C#CC#CC[C@@H](O)[C@H](O)CC1CCCCC1. The summed E-state index contributed by atoms with van der Waals surface area (Å²) >= 11 is 0.